The molecule has 2 N–H and O–H groups in total. The number of aromatic nitrogens is 2. The Morgan fingerprint density at radius 1 is 1.00 bits per heavy atom. The van der Waals surface area contributed by atoms with Gasteiger partial charge in [-0.2, -0.15) is 0 Å². The molecule has 0 unspecified atom stereocenters. The highest BCUT2D eigenvalue weighted by atomic mass is 16.5. The second-order valence-corrected chi connectivity index (χ2v) is 9.42. The minimum atomic E-state index is -0.0365. The van der Waals surface area contributed by atoms with Crippen molar-refractivity contribution in [1.29, 1.82) is 0 Å². The highest BCUT2D eigenvalue weighted by Gasteiger charge is 2.14. The minimum Gasteiger partial charge on any atom is -0.493 e. The van der Waals surface area contributed by atoms with Crippen LogP contribution in [0.2, 0.25) is 0 Å². The van der Waals surface area contributed by atoms with Crippen molar-refractivity contribution in [3.05, 3.63) is 77.6 Å². The molecule has 192 valence electrons. The van der Waals surface area contributed by atoms with Gasteiger partial charge in [0.25, 0.3) is 0 Å². The molecular formula is C30H34N4O3. The van der Waals surface area contributed by atoms with Gasteiger partial charge >= 0.3 is 0 Å². The van der Waals surface area contributed by atoms with Crippen LogP contribution in [0.1, 0.15) is 23.1 Å². The van der Waals surface area contributed by atoms with Gasteiger partial charge in [-0.1, -0.05) is 24.3 Å². The fourth-order valence-electron chi connectivity index (χ4n) is 4.83. The second kappa shape index (κ2) is 11.7. The standard InChI is InChI=1S/C30H34N4O3/c1-21-25(26-7-4-9-28(22(26)2)37-15-5-12-34-13-16-36-17-14-34)6-3-8-27(21)33-30-29-24(10-11-31-30)18-23(20-35)19-32-29/h3-4,6-11,18-19,35H,5,12-17,20H2,1-2H3,(H,31,33). The molecule has 5 rings (SSSR count). The number of anilines is 2. The summed E-state index contributed by atoms with van der Waals surface area (Å²) in [6.07, 6.45) is 4.44. The van der Waals surface area contributed by atoms with Crippen LogP contribution in [-0.2, 0) is 11.3 Å². The molecule has 1 aliphatic rings. The normalized spacial score (nSPS) is 14.1. The number of hydrogen-bond donors (Lipinski definition) is 2. The maximum absolute atomic E-state index is 9.45. The van der Waals surface area contributed by atoms with E-state index >= 15 is 0 Å². The molecule has 1 fully saturated rings. The molecule has 1 aliphatic heterocycles. The first-order valence-corrected chi connectivity index (χ1v) is 12.9. The summed E-state index contributed by atoms with van der Waals surface area (Å²) in [5.41, 5.74) is 7.09. The maximum atomic E-state index is 9.45. The summed E-state index contributed by atoms with van der Waals surface area (Å²) in [5.74, 6) is 1.62. The second-order valence-electron chi connectivity index (χ2n) is 9.42. The molecule has 37 heavy (non-hydrogen) atoms. The number of nitrogens with one attached hydrogen (secondary N) is 1. The van der Waals surface area contributed by atoms with Crippen molar-refractivity contribution in [3.8, 4) is 16.9 Å². The van der Waals surface area contributed by atoms with E-state index in [2.05, 4.69) is 70.4 Å². The number of morpholine rings is 1. The van der Waals surface area contributed by atoms with Crippen molar-refractivity contribution in [2.24, 2.45) is 0 Å². The molecule has 0 saturated carbocycles. The van der Waals surface area contributed by atoms with Crippen LogP contribution in [0, 0.1) is 13.8 Å². The molecule has 3 heterocycles. The van der Waals surface area contributed by atoms with Crippen LogP contribution < -0.4 is 10.1 Å². The number of pyridine rings is 2. The number of aliphatic hydroxyl groups excluding tert-OH is 1. The van der Waals surface area contributed by atoms with Gasteiger partial charge in [0.15, 0.2) is 5.82 Å². The largest absolute Gasteiger partial charge is 0.493 e. The van der Waals surface area contributed by atoms with Crippen molar-refractivity contribution < 1.29 is 14.6 Å². The Morgan fingerprint density at radius 2 is 1.78 bits per heavy atom. The Labute approximate surface area is 218 Å². The molecule has 7 nitrogen and oxygen atoms in total. The van der Waals surface area contributed by atoms with Gasteiger partial charge in [0, 0.05) is 43.1 Å². The molecule has 1 saturated heterocycles. The van der Waals surface area contributed by atoms with Gasteiger partial charge in [0.2, 0.25) is 0 Å². The number of ether oxygens (including phenoxy) is 2. The number of fused-ring (bicyclic) bond motifs is 1. The van der Waals surface area contributed by atoms with E-state index in [9.17, 15) is 5.11 Å². The minimum absolute atomic E-state index is 0.0365. The Bertz CT molecular complexity index is 1370. The monoisotopic (exact) mass is 498 g/mol. The molecule has 0 spiro atoms. The molecule has 2 aromatic carbocycles. The number of hydrogen-bond acceptors (Lipinski definition) is 7. The SMILES string of the molecule is Cc1c(Nc2nccc3cc(CO)cnc23)cccc1-c1cccc(OCCCN2CCOCC2)c1C. The third-order valence-electron chi connectivity index (χ3n) is 6.98. The van der Waals surface area contributed by atoms with Crippen molar-refractivity contribution in [2.45, 2.75) is 26.9 Å². The molecule has 0 atom stereocenters. The summed E-state index contributed by atoms with van der Waals surface area (Å²) in [6.45, 7) is 9.60. The number of benzene rings is 2. The summed E-state index contributed by atoms with van der Waals surface area (Å²) in [5, 5.41) is 13.9. The quantitative estimate of drug-likeness (QED) is 0.305. The predicted molar refractivity (Wildman–Crippen MR) is 147 cm³/mol. The highest BCUT2D eigenvalue weighted by molar-refractivity contribution is 5.91. The average molecular weight is 499 g/mol. The lowest BCUT2D eigenvalue weighted by molar-refractivity contribution is 0.0358. The highest BCUT2D eigenvalue weighted by Crippen LogP contribution is 2.36. The fraction of sp³-hybridized carbons (Fsp3) is 0.333. The Kier molecular flexibility index (Phi) is 7.94. The molecule has 0 amide bonds. The third-order valence-corrected chi connectivity index (χ3v) is 6.98. The van der Waals surface area contributed by atoms with Gasteiger partial charge < -0.3 is 19.9 Å². The average Bonchev–Trinajstić information content (AvgIpc) is 2.93. The van der Waals surface area contributed by atoms with E-state index in [1.165, 1.54) is 0 Å². The maximum Gasteiger partial charge on any atom is 0.156 e. The summed E-state index contributed by atoms with van der Waals surface area (Å²) in [7, 11) is 0. The van der Waals surface area contributed by atoms with Gasteiger partial charge in [-0.3, -0.25) is 9.88 Å². The zero-order chi connectivity index (χ0) is 25.6. The van der Waals surface area contributed by atoms with E-state index in [0.717, 1.165) is 89.4 Å². The van der Waals surface area contributed by atoms with E-state index in [1.54, 1.807) is 12.4 Å². The Balaban J connectivity index is 1.34. The Morgan fingerprint density at radius 3 is 2.59 bits per heavy atom. The van der Waals surface area contributed by atoms with Gasteiger partial charge in [0.05, 0.1) is 26.4 Å². The van der Waals surface area contributed by atoms with Crippen LogP contribution in [0.15, 0.2) is 60.9 Å². The van der Waals surface area contributed by atoms with E-state index in [-0.39, 0.29) is 6.61 Å². The first-order valence-electron chi connectivity index (χ1n) is 12.9. The van der Waals surface area contributed by atoms with Crippen molar-refractivity contribution in [3.63, 3.8) is 0 Å². The zero-order valence-corrected chi connectivity index (χ0v) is 21.5. The van der Waals surface area contributed by atoms with Crippen LogP contribution in [0.3, 0.4) is 0 Å². The van der Waals surface area contributed by atoms with Gasteiger partial charge in [-0.05, 0) is 72.4 Å². The lowest BCUT2D eigenvalue weighted by atomic mass is 9.95. The summed E-state index contributed by atoms with van der Waals surface area (Å²) < 4.78 is 11.6. The Hall–Kier alpha value is -3.52. The molecule has 0 radical (unpaired) electrons. The first-order chi connectivity index (χ1) is 18.1. The summed E-state index contributed by atoms with van der Waals surface area (Å²) in [6, 6.07) is 16.4. The van der Waals surface area contributed by atoms with Crippen molar-refractivity contribution in [2.75, 3.05) is 44.8 Å². The van der Waals surface area contributed by atoms with Gasteiger partial charge in [-0.25, -0.2) is 4.98 Å². The van der Waals surface area contributed by atoms with Crippen LogP contribution in [0.5, 0.6) is 5.75 Å². The number of nitrogens with zero attached hydrogens (tertiary/aromatic N) is 3. The molecular weight excluding hydrogens is 464 g/mol. The van der Waals surface area contributed by atoms with Gasteiger partial charge in [0.1, 0.15) is 11.3 Å². The zero-order valence-electron chi connectivity index (χ0n) is 21.5. The van der Waals surface area contributed by atoms with Crippen LogP contribution in [0.4, 0.5) is 11.5 Å². The van der Waals surface area contributed by atoms with Crippen LogP contribution in [0.25, 0.3) is 22.0 Å². The molecule has 4 aromatic rings. The third kappa shape index (κ3) is 5.74. The smallest absolute Gasteiger partial charge is 0.156 e. The number of rotatable bonds is 9. The van der Waals surface area contributed by atoms with Crippen LogP contribution >= 0.6 is 0 Å². The van der Waals surface area contributed by atoms with E-state index < -0.39 is 0 Å². The van der Waals surface area contributed by atoms with E-state index in [1.807, 2.05) is 12.1 Å². The predicted octanol–water partition coefficient (Wildman–Crippen LogP) is 5.25. The van der Waals surface area contributed by atoms with Crippen molar-refractivity contribution in [1.82, 2.24) is 14.9 Å². The fourth-order valence-corrected chi connectivity index (χ4v) is 4.83. The van der Waals surface area contributed by atoms with E-state index in [0.29, 0.717) is 12.4 Å². The summed E-state index contributed by atoms with van der Waals surface area (Å²) >= 11 is 0. The number of aliphatic hydroxyl groups is 1. The first kappa shape index (κ1) is 25.1. The lowest BCUT2D eigenvalue weighted by Crippen LogP contribution is -2.37. The van der Waals surface area contributed by atoms with Crippen molar-refractivity contribution >= 4 is 22.4 Å². The summed E-state index contributed by atoms with van der Waals surface area (Å²) in [4.78, 5) is 11.5. The van der Waals surface area contributed by atoms with Gasteiger partial charge in [-0.15, -0.1) is 0 Å². The van der Waals surface area contributed by atoms with Crippen LogP contribution in [-0.4, -0.2) is 59.4 Å². The molecule has 7 heteroatoms. The molecule has 2 aromatic heterocycles. The molecule has 0 aliphatic carbocycles. The van der Waals surface area contributed by atoms with E-state index in [4.69, 9.17) is 9.47 Å². The topological polar surface area (TPSA) is 79.7 Å². The molecule has 0 bridgehead atoms. The lowest BCUT2D eigenvalue weighted by Gasteiger charge is -2.26.